The highest BCUT2D eigenvalue weighted by Crippen LogP contribution is 2.25. The van der Waals surface area contributed by atoms with Crippen LogP contribution in [0.4, 0.5) is 5.69 Å². The lowest BCUT2D eigenvalue weighted by atomic mass is 10.3. The molecule has 19 heavy (non-hydrogen) atoms. The summed E-state index contributed by atoms with van der Waals surface area (Å²) in [7, 11) is 0. The van der Waals surface area contributed by atoms with Gasteiger partial charge in [-0.1, -0.05) is 15.9 Å². The van der Waals surface area contributed by atoms with Crippen LogP contribution in [0.2, 0.25) is 0 Å². The first kappa shape index (κ1) is 13.6. The van der Waals surface area contributed by atoms with Crippen molar-refractivity contribution in [3.8, 4) is 11.6 Å². The molecule has 0 atom stereocenters. The summed E-state index contributed by atoms with van der Waals surface area (Å²) in [5.74, 6) is 0.506. The Morgan fingerprint density at radius 3 is 2.74 bits per heavy atom. The predicted molar refractivity (Wildman–Crippen MR) is 77.5 cm³/mol. The molecule has 1 aromatic carbocycles. The number of ether oxygens (including phenoxy) is 1. The summed E-state index contributed by atoms with van der Waals surface area (Å²) in [5.41, 5.74) is 5.99. The third kappa shape index (κ3) is 3.14. The number of nitrogen functional groups attached to an aromatic ring is 1. The fourth-order valence-electron chi connectivity index (χ4n) is 1.64. The molecule has 0 saturated carbocycles. The van der Waals surface area contributed by atoms with Gasteiger partial charge in [0.05, 0.1) is 0 Å². The summed E-state index contributed by atoms with van der Waals surface area (Å²) in [5, 5.41) is 0. The van der Waals surface area contributed by atoms with Gasteiger partial charge in [-0.3, -0.25) is 4.79 Å². The zero-order chi connectivity index (χ0) is 14.0. The second kappa shape index (κ2) is 5.44. The number of aromatic nitrogens is 2. The van der Waals surface area contributed by atoms with E-state index in [-0.39, 0.29) is 17.5 Å². The molecule has 6 heteroatoms. The highest BCUT2D eigenvalue weighted by Gasteiger charge is 2.10. The van der Waals surface area contributed by atoms with Crippen molar-refractivity contribution < 1.29 is 4.74 Å². The van der Waals surface area contributed by atoms with E-state index in [1.807, 2.05) is 13.8 Å². The van der Waals surface area contributed by atoms with E-state index in [0.29, 0.717) is 11.4 Å². The van der Waals surface area contributed by atoms with Crippen molar-refractivity contribution in [3.63, 3.8) is 0 Å². The average molecular weight is 324 g/mol. The first-order chi connectivity index (χ1) is 8.97. The minimum Gasteiger partial charge on any atom is -0.435 e. The highest BCUT2D eigenvalue weighted by molar-refractivity contribution is 9.10. The van der Waals surface area contributed by atoms with E-state index in [2.05, 4.69) is 20.9 Å². The van der Waals surface area contributed by atoms with E-state index < -0.39 is 0 Å². The van der Waals surface area contributed by atoms with Crippen LogP contribution in [0.15, 0.2) is 39.9 Å². The first-order valence-corrected chi connectivity index (χ1v) is 6.57. The molecule has 0 unspecified atom stereocenters. The number of hydrogen-bond acceptors (Lipinski definition) is 4. The summed E-state index contributed by atoms with van der Waals surface area (Å²) in [6.45, 7) is 3.84. The van der Waals surface area contributed by atoms with Gasteiger partial charge in [0.2, 0.25) is 0 Å². The van der Waals surface area contributed by atoms with E-state index >= 15 is 0 Å². The second-order valence-corrected chi connectivity index (χ2v) is 5.28. The predicted octanol–water partition coefficient (Wildman–Crippen LogP) is 2.96. The van der Waals surface area contributed by atoms with E-state index in [9.17, 15) is 4.79 Å². The number of benzene rings is 1. The van der Waals surface area contributed by atoms with Crippen molar-refractivity contribution in [2.45, 2.75) is 19.9 Å². The van der Waals surface area contributed by atoms with Crippen molar-refractivity contribution in [3.05, 3.63) is 45.4 Å². The smallest absolute Gasteiger partial charge is 0.313 e. The highest BCUT2D eigenvalue weighted by atomic mass is 79.9. The summed E-state index contributed by atoms with van der Waals surface area (Å²) < 4.78 is 7.85. The Labute approximate surface area is 119 Å². The van der Waals surface area contributed by atoms with Gasteiger partial charge in [0.25, 0.3) is 5.88 Å². The Kier molecular flexibility index (Phi) is 3.90. The first-order valence-electron chi connectivity index (χ1n) is 5.78. The van der Waals surface area contributed by atoms with E-state index in [4.69, 9.17) is 10.5 Å². The number of anilines is 1. The van der Waals surface area contributed by atoms with Crippen LogP contribution in [0.25, 0.3) is 0 Å². The Balaban J connectivity index is 2.38. The van der Waals surface area contributed by atoms with Gasteiger partial charge in [-0.2, -0.15) is 0 Å². The zero-order valence-corrected chi connectivity index (χ0v) is 12.2. The van der Waals surface area contributed by atoms with Crippen molar-refractivity contribution in [1.29, 1.82) is 0 Å². The normalized spacial score (nSPS) is 10.7. The lowest BCUT2D eigenvalue weighted by Crippen LogP contribution is -2.23. The maximum atomic E-state index is 12.1. The third-order valence-corrected chi connectivity index (χ3v) is 2.96. The fraction of sp³-hybridized carbons (Fsp3) is 0.231. The van der Waals surface area contributed by atoms with Crippen LogP contribution in [-0.4, -0.2) is 9.55 Å². The van der Waals surface area contributed by atoms with Crippen LogP contribution in [-0.2, 0) is 0 Å². The maximum absolute atomic E-state index is 12.1. The molecule has 0 aliphatic rings. The fourth-order valence-corrected chi connectivity index (χ4v) is 2.13. The van der Waals surface area contributed by atoms with Crippen molar-refractivity contribution >= 4 is 21.6 Å². The molecule has 0 fully saturated rings. The van der Waals surface area contributed by atoms with Gasteiger partial charge < -0.3 is 15.0 Å². The van der Waals surface area contributed by atoms with Crippen LogP contribution in [0, 0.1) is 0 Å². The summed E-state index contributed by atoms with van der Waals surface area (Å²) in [6.07, 6.45) is 3.17. The number of nitrogens with zero attached hydrogens (tertiary/aromatic N) is 2. The molecular formula is C13H14BrN3O2. The van der Waals surface area contributed by atoms with Gasteiger partial charge >= 0.3 is 5.56 Å². The number of rotatable bonds is 3. The molecule has 0 radical (unpaired) electrons. The van der Waals surface area contributed by atoms with Crippen LogP contribution in [0.5, 0.6) is 11.6 Å². The quantitative estimate of drug-likeness (QED) is 0.881. The SMILES string of the molecule is CC(C)n1ccnc(Oc2cc(N)cc(Br)c2)c1=O. The van der Waals surface area contributed by atoms with Crippen LogP contribution in [0.3, 0.4) is 0 Å². The van der Waals surface area contributed by atoms with E-state index in [1.165, 1.54) is 6.20 Å². The van der Waals surface area contributed by atoms with Crippen LogP contribution >= 0.6 is 15.9 Å². The Hall–Kier alpha value is -1.82. The average Bonchev–Trinajstić information content (AvgIpc) is 2.30. The molecule has 0 aliphatic heterocycles. The summed E-state index contributed by atoms with van der Waals surface area (Å²) >= 11 is 3.32. The summed E-state index contributed by atoms with van der Waals surface area (Å²) in [4.78, 5) is 16.1. The molecule has 0 bridgehead atoms. The minimum absolute atomic E-state index is 0.0358. The molecule has 1 aromatic heterocycles. The van der Waals surface area contributed by atoms with Crippen molar-refractivity contribution in [2.24, 2.45) is 0 Å². The number of hydrogen-bond donors (Lipinski definition) is 1. The standard InChI is InChI=1S/C13H14BrN3O2/c1-8(2)17-4-3-16-12(13(17)18)19-11-6-9(14)5-10(15)7-11/h3-8H,15H2,1-2H3. The minimum atomic E-state index is -0.268. The third-order valence-electron chi connectivity index (χ3n) is 2.50. The topological polar surface area (TPSA) is 70.1 Å². The van der Waals surface area contributed by atoms with Gasteiger partial charge in [0.15, 0.2) is 0 Å². The lowest BCUT2D eigenvalue weighted by molar-refractivity contribution is 0.437. The molecule has 2 N–H and O–H groups in total. The molecule has 2 aromatic rings. The summed E-state index contributed by atoms with van der Waals surface area (Å²) in [6, 6.07) is 5.16. The van der Waals surface area contributed by atoms with Gasteiger partial charge in [0.1, 0.15) is 5.75 Å². The molecule has 1 heterocycles. The number of halogens is 1. The van der Waals surface area contributed by atoms with Crippen LogP contribution < -0.4 is 16.0 Å². The van der Waals surface area contributed by atoms with Gasteiger partial charge in [-0.05, 0) is 26.0 Å². The molecule has 2 rings (SSSR count). The number of nitrogens with two attached hydrogens (primary N) is 1. The molecular weight excluding hydrogens is 310 g/mol. The second-order valence-electron chi connectivity index (χ2n) is 4.36. The van der Waals surface area contributed by atoms with E-state index in [0.717, 1.165) is 4.47 Å². The molecule has 0 aliphatic carbocycles. The zero-order valence-electron chi connectivity index (χ0n) is 10.6. The Morgan fingerprint density at radius 1 is 1.37 bits per heavy atom. The van der Waals surface area contributed by atoms with Gasteiger partial charge in [-0.15, -0.1) is 0 Å². The largest absolute Gasteiger partial charge is 0.435 e. The van der Waals surface area contributed by atoms with Gasteiger partial charge in [-0.25, -0.2) is 4.98 Å². The van der Waals surface area contributed by atoms with E-state index in [1.54, 1.807) is 29.0 Å². The molecule has 5 nitrogen and oxygen atoms in total. The Bertz CT molecular complexity index is 632. The molecule has 0 amide bonds. The molecule has 0 spiro atoms. The lowest BCUT2D eigenvalue weighted by Gasteiger charge is -2.11. The van der Waals surface area contributed by atoms with Crippen LogP contribution in [0.1, 0.15) is 19.9 Å². The molecule has 100 valence electrons. The molecule has 0 saturated heterocycles. The van der Waals surface area contributed by atoms with Crippen molar-refractivity contribution in [1.82, 2.24) is 9.55 Å². The maximum Gasteiger partial charge on any atom is 0.313 e. The van der Waals surface area contributed by atoms with Crippen molar-refractivity contribution in [2.75, 3.05) is 5.73 Å². The van der Waals surface area contributed by atoms with Gasteiger partial charge in [0, 0.05) is 34.7 Å². The Morgan fingerprint density at radius 2 is 2.11 bits per heavy atom. The monoisotopic (exact) mass is 323 g/mol.